The van der Waals surface area contributed by atoms with Crippen LogP contribution in [0.25, 0.3) is 0 Å². The van der Waals surface area contributed by atoms with Crippen LogP contribution in [-0.2, 0) is 4.43 Å². The maximum Gasteiger partial charge on any atom is 0.194 e. The summed E-state index contributed by atoms with van der Waals surface area (Å²) in [5, 5.41) is 1.53. The summed E-state index contributed by atoms with van der Waals surface area (Å²) in [5.74, 6) is 0. The molecule has 0 radical (unpaired) electrons. The van der Waals surface area contributed by atoms with Crippen LogP contribution in [0.2, 0.25) is 0 Å². The molecule has 2 aliphatic carbocycles. The van der Waals surface area contributed by atoms with E-state index in [2.05, 4.69) is 36.1 Å². The minimum Gasteiger partial charge on any atom is -0.419 e. The molecule has 0 amide bonds. The fraction of sp³-hybridized carbons (Fsp3) is 0.714. The number of rotatable bonds is 7. The van der Waals surface area contributed by atoms with Gasteiger partial charge in [0.2, 0.25) is 0 Å². The Bertz CT molecular complexity index is 462. The lowest BCUT2D eigenvalue weighted by atomic mass is 9.88. The van der Waals surface area contributed by atoms with E-state index >= 15 is 0 Å². The molecule has 0 bridgehead atoms. The first-order chi connectivity index (χ1) is 11.9. The Morgan fingerprint density at radius 2 is 1.50 bits per heavy atom. The molecule has 0 N–H and O–H groups in total. The van der Waals surface area contributed by atoms with Crippen molar-refractivity contribution < 1.29 is 4.43 Å². The zero-order valence-electron chi connectivity index (χ0n) is 15.5. The Labute approximate surface area is 150 Å². The number of anilines is 1. The summed E-state index contributed by atoms with van der Waals surface area (Å²) in [4.78, 5) is 2.87. The largest absolute Gasteiger partial charge is 0.419 e. The summed E-state index contributed by atoms with van der Waals surface area (Å²) in [6, 6.07) is 10.7. The van der Waals surface area contributed by atoms with Gasteiger partial charge in [-0.05, 0) is 43.4 Å². The van der Waals surface area contributed by atoms with Gasteiger partial charge in [-0.15, -0.1) is 0 Å². The summed E-state index contributed by atoms with van der Waals surface area (Å²) >= 11 is 0. The maximum atomic E-state index is 6.05. The Balaban J connectivity index is 1.83. The van der Waals surface area contributed by atoms with E-state index in [1.807, 2.05) is 0 Å². The predicted molar refractivity (Wildman–Crippen MR) is 107 cm³/mol. The summed E-state index contributed by atoms with van der Waals surface area (Å²) < 4.78 is 6.05. The van der Waals surface area contributed by atoms with Crippen LogP contribution in [0.15, 0.2) is 24.3 Å². The van der Waals surface area contributed by atoms with Crippen molar-refractivity contribution in [2.45, 2.75) is 89.6 Å². The average molecular weight is 346 g/mol. The highest BCUT2D eigenvalue weighted by Crippen LogP contribution is 2.33. The van der Waals surface area contributed by atoms with Gasteiger partial charge < -0.3 is 9.33 Å². The van der Waals surface area contributed by atoms with Gasteiger partial charge in [-0.25, -0.2) is 0 Å². The highest BCUT2D eigenvalue weighted by atomic mass is 28.2. The van der Waals surface area contributed by atoms with Crippen molar-refractivity contribution in [2.75, 3.05) is 11.5 Å². The zero-order valence-corrected chi connectivity index (χ0v) is 16.9. The lowest BCUT2D eigenvalue weighted by Crippen LogP contribution is -2.48. The topological polar surface area (TPSA) is 12.5 Å². The number of nitrogens with zero attached hydrogens (tertiary/aromatic N) is 1. The molecule has 134 valence electrons. The third-order valence-corrected chi connectivity index (χ3v) is 7.21. The molecule has 0 spiro atoms. The van der Waals surface area contributed by atoms with Gasteiger partial charge in [-0.2, -0.15) is 0 Å². The van der Waals surface area contributed by atoms with Crippen molar-refractivity contribution in [1.29, 1.82) is 0 Å². The van der Waals surface area contributed by atoms with Gasteiger partial charge in [0.15, 0.2) is 9.76 Å². The van der Waals surface area contributed by atoms with Crippen LogP contribution in [0.3, 0.4) is 0 Å². The van der Waals surface area contributed by atoms with Crippen molar-refractivity contribution >= 4 is 20.6 Å². The fourth-order valence-corrected chi connectivity index (χ4v) is 5.95. The zero-order chi connectivity index (χ0) is 16.6. The second-order valence-corrected chi connectivity index (χ2v) is 9.13. The molecule has 2 saturated carbocycles. The minimum atomic E-state index is -0.607. The lowest BCUT2D eigenvalue weighted by Gasteiger charge is -2.44. The highest BCUT2D eigenvalue weighted by Gasteiger charge is 2.30. The Morgan fingerprint density at radius 3 is 2.08 bits per heavy atom. The molecule has 3 heteroatoms. The monoisotopic (exact) mass is 345 g/mol. The molecule has 24 heavy (non-hydrogen) atoms. The molecule has 0 aliphatic heterocycles. The lowest BCUT2D eigenvalue weighted by molar-refractivity contribution is 0.337. The third kappa shape index (κ3) is 4.63. The number of hydrogen-bond acceptors (Lipinski definition) is 2. The molecule has 0 atom stereocenters. The normalized spacial score (nSPS) is 20.7. The molecule has 0 heterocycles. The summed E-state index contributed by atoms with van der Waals surface area (Å²) in [7, 11) is -0.607. The first-order valence-corrected chi connectivity index (χ1v) is 11.6. The number of benzene rings is 1. The van der Waals surface area contributed by atoms with E-state index in [1.54, 1.807) is 0 Å². The molecular weight excluding hydrogens is 310 g/mol. The average Bonchev–Trinajstić information content (AvgIpc) is 2.65. The molecule has 2 fully saturated rings. The van der Waals surface area contributed by atoms with E-state index < -0.39 is 9.76 Å². The quantitative estimate of drug-likeness (QED) is 0.540. The second-order valence-electron chi connectivity index (χ2n) is 7.67. The van der Waals surface area contributed by atoms with E-state index in [-0.39, 0.29) is 0 Å². The summed E-state index contributed by atoms with van der Waals surface area (Å²) in [6.45, 7) is 3.13. The Morgan fingerprint density at radius 1 is 0.917 bits per heavy atom. The van der Waals surface area contributed by atoms with Gasteiger partial charge in [-0.3, -0.25) is 0 Å². The Kier molecular flexibility index (Phi) is 7.22. The van der Waals surface area contributed by atoms with E-state index in [1.165, 1.54) is 75.1 Å². The molecule has 0 unspecified atom stereocenters. The minimum absolute atomic E-state index is 0.607. The van der Waals surface area contributed by atoms with Crippen molar-refractivity contribution in [2.24, 2.45) is 0 Å². The predicted octanol–water partition coefficient (Wildman–Crippen LogP) is 4.29. The standard InChI is InChI=1S/C21H35NOSi/c1-2-17-23-24-21-16-10-9-15-20(21)22(18-11-5-3-6-12-18)19-13-7-4-8-14-19/h9-10,15-16,18-19H,2-8,11-14,17,24H2,1H3. The first-order valence-electron chi connectivity index (χ1n) is 10.3. The molecular formula is C21H35NOSi. The molecule has 1 aromatic rings. The second kappa shape index (κ2) is 9.62. The van der Waals surface area contributed by atoms with Gasteiger partial charge in [0.25, 0.3) is 0 Å². The summed E-state index contributed by atoms with van der Waals surface area (Å²) in [5.41, 5.74) is 1.53. The van der Waals surface area contributed by atoms with Crippen LogP contribution in [0.1, 0.15) is 77.6 Å². The number of para-hydroxylation sites is 1. The van der Waals surface area contributed by atoms with Gasteiger partial charge in [0.1, 0.15) is 0 Å². The van der Waals surface area contributed by atoms with Crippen LogP contribution >= 0.6 is 0 Å². The highest BCUT2D eigenvalue weighted by molar-refractivity contribution is 6.49. The molecule has 0 aromatic heterocycles. The number of hydrogen-bond donors (Lipinski definition) is 0. The third-order valence-electron chi connectivity index (χ3n) is 5.81. The van der Waals surface area contributed by atoms with Crippen LogP contribution in [-0.4, -0.2) is 28.5 Å². The molecule has 2 nitrogen and oxygen atoms in total. The first kappa shape index (κ1) is 18.0. The van der Waals surface area contributed by atoms with Crippen molar-refractivity contribution in [3.8, 4) is 0 Å². The van der Waals surface area contributed by atoms with E-state index in [0.717, 1.165) is 25.1 Å². The van der Waals surface area contributed by atoms with Crippen LogP contribution in [0, 0.1) is 0 Å². The van der Waals surface area contributed by atoms with E-state index in [4.69, 9.17) is 4.43 Å². The van der Waals surface area contributed by atoms with Gasteiger partial charge in [0.05, 0.1) is 0 Å². The van der Waals surface area contributed by atoms with Crippen LogP contribution in [0.5, 0.6) is 0 Å². The van der Waals surface area contributed by atoms with E-state index in [0.29, 0.717) is 0 Å². The molecule has 1 aromatic carbocycles. The summed E-state index contributed by atoms with van der Waals surface area (Å²) in [6.07, 6.45) is 15.2. The molecule has 3 rings (SSSR count). The van der Waals surface area contributed by atoms with Gasteiger partial charge in [-0.1, -0.05) is 63.6 Å². The van der Waals surface area contributed by atoms with E-state index in [9.17, 15) is 0 Å². The van der Waals surface area contributed by atoms with Crippen LogP contribution < -0.4 is 10.1 Å². The SMILES string of the molecule is CCCO[SiH2]c1ccccc1N(C1CCCCC1)C1CCCCC1. The van der Waals surface area contributed by atoms with Crippen molar-refractivity contribution in [3.05, 3.63) is 24.3 Å². The van der Waals surface area contributed by atoms with Gasteiger partial charge in [0, 0.05) is 24.4 Å². The molecule has 2 aliphatic rings. The van der Waals surface area contributed by atoms with Gasteiger partial charge >= 0.3 is 0 Å². The van der Waals surface area contributed by atoms with Crippen molar-refractivity contribution in [1.82, 2.24) is 0 Å². The maximum absolute atomic E-state index is 6.05. The molecule has 0 saturated heterocycles. The van der Waals surface area contributed by atoms with Crippen molar-refractivity contribution in [3.63, 3.8) is 0 Å². The fourth-order valence-electron chi connectivity index (χ4n) is 4.62. The smallest absolute Gasteiger partial charge is 0.194 e. The van der Waals surface area contributed by atoms with Crippen LogP contribution in [0.4, 0.5) is 5.69 Å². The Hall–Kier alpha value is -0.803.